The maximum atomic E-state index is 12.8. The largest absolute Gasteiger partial charge is 0.504 e. The van der Waals surface area contributed by atoms with Gasteiger partial charge in [-0.05, 0) is 36.1 Å². The van der Waals surface area contributed by atoms with Crippen molar-refractivity contribution in [3.05, 3.63) is 52.9 Å². The third kappa shape index (κ3) is 3.99. The summed E-state index contributed by atoms with van der Waals surface area (Å²) < 4.78 is 15.9. The van der Waals surface area contributed by atoms with Crippen molar-refractivity contribution >= 4 is 22.9 Å². The predicted octanol–water partition coefficient (Wildman–Crippen LogP) is 3.66. The number of phenolic OH excluding ortho intramolecular Hbond substituents is 1. The van der Waals surface area contributed by atoms with Crippen LogP contribution >= 0.6 is 11.3 Å². The molecule has 162 valence electrons. The van der Waals surface area contributed by atoms with Gasteiger partial charge in [-0.3, -0.25) is 4.90 Å². The highest BCUT2D eigenvalue weighted by atomic mass is 32.1. The summed E-state index contributed by atoms with van der Waals surface area (Å²) in [5.74, 6) is 1.08. The summed E-state index contributed by atoms with van der Waals surface area (Å²) in [7, 11) is 3.06. The molecule has 10 heteroatoms. The Kier molecular flexibility index (Phi) is 5.92. The molecule has 0 aliphatic carbocycles. The van der Waals surface area contributed by atoms with Gasteiger partial charge in [0.05, 0.1) is 36.8 Å². The van der Waals surface area contributed by atoms with E-state index in [9.17, 15) is 9.90 Å². The summed E-state index contributed by atoms with van der Waals surface area (Å²) >= 11 is 1.51. The molecule has 2 amide bonds. The Morgan fingerprint density at radius 2 is 2.16 bits per heavy atom. The summed E-state index contributed by atoms with van der Waals surface area (Å²) in [5.41, 5.74) is 1.97. The fraction of sp³-hybridized carbons (Fsp3) is 0.286. The second-order valence-corrected chi connectivity index (χ2v) is 7.81. The van der Waals surface area contributed by atoms with Gasteiger partial charge in [-0.25, -0.2) is 4.79 Å². The van der Waals surface area contributed by atoms with Crippen LogP contribution in [-0.4, -0.2) is 53.5 Å². The van der Waals surface area contributed by atoms with Gasteiger partial charge in [0.1, 0.15) is 0 Å². The number of amides is 2. The second-order valence-electron chi connectivity index (χ2n) is 6.86. The van der Waals surface area contributed by atoms with Crippen molar-refractivity contribution in [3.63, 3.8) is 0 Å². The van der Waals surface area contributed by atoms with E-state index < -0.39 is 6.04 Å². The summed E-state index contributed by atoms with van der Waals surface area (Å²) in [4.78, 5) is 19.9. The lowest BCUT2D eigenvalue weighted by atomic mass is 9.94. The van der Waals surface area contributed by atoms with Crippen molar-refractivity contribution in [3.8, 4) is 22.2 Å². The minimum absolute atomic E-state index is 0.0298. The maximum Gasteiger partial charge on any atom is 0.322 e. The van der Waals surface area contributed by atoms with Gasteiger partial charge in [-0.1, -0.05) is 17.3 Å². The Labute approximate surface area is 182 Å². The first-order chi connectivity index (χ1) is 15.0. The van der Waals surface area contributed by atoms with Crippen LogP contribution in [0.15, 0.2) is 45.9 Å². The predicted molar refractivity (Wildman–Crippen MR) is 115 cm³/mol. The third-order valence-electron chi connectivity index (χ3n) is 5.05. The fourth-order valence-corrected chi connectivity index (χ4v) is 4.13. The number of thiophene rings is 1. The first-order valence-electron chi connectivity index (χ1n) is 9.56. The Hall–Kier alpha value is -3.37. The van der Waals surface area contributed by atoms with E-state index in [1.54, 1.807) is 30.2 Å². The molecule has 1 aromatic carbocycles. The van der Waals surface area contributed by atoms with Crippen molar-refractivity contribution in [1.82, 2.24) is 20.4 Å². The fourth-order valence-electron chi connectivity index (χ4n) is 3.49. The standard InChI is InChI=1S/C21H22N4O5S/c1-12-17(20-23-19(24-30-20)16-5-4-10-31-16)18(22-21(27)25(12)8-9-28-2)13-6-7-15(29-3)14(26)11-13/h4-7,10-11,18,26H,8-9H2,1-3H3,(H,22,27). The van der Waals surface area contributed by atoms with Crippen LogP contribution in [0, 0.1) is 0 Å². The molecule has 0 fully saturated rings. The number of phenols is 1. The van der Waals surface area contributed by atoms with Crippen molar-refractivity contribution in [1.29, 1.82) is 0 Å². The van der Waals surface area contributed by atoms with Crippen molar-refractivity contribution in [2.45, 2.75) is 13.0 Å². The van der Waals surface area contributed by atoms with Gasteiger partial charge >= 0.3 is 6.03 Å². The Balaban J connectivity index is 1.80. The van der Waals surface area contributed by atoms with Crippen LogP contribution in [-0.2, 0) is 4.74 Å². The molecule has 3 aromatic rings. The van der Waals surface area contributed by atoms with Crippen LogP contribution in [0.5, 0.6) is 11.5 Å². The van der Waals surface area contributed by atoms with E-state index in [4.69, 9.17) is 14.0 Å². The third-order valence-corrected chi connectivity index (χ3v) is 5.92. The molecule has 0 saturated heterocycles. The molecule has 2 aromatic heterocycles. The summed E-state index contributed by atoms with van der Waals surface area (Å²) in [6.07, 6.45) is 0. The zero-order chi connectivity index (χ0) is 22.0. The number of rotatable bonds is 7. The lowest BCUT2D eigenvalue weighted by Gasteiger charge is -2.35. The number of carbonyl (C=O) groups excluding carboxylic acids is 1. The minimum Gasteiger partial charge on any atom is -0.504 e. The topological polar surface area (TPSA) is 110 Å². The smallest absolute Gasteiger partial charge is 0.322 e. The number of urea groups is 1. The number of methoxy groups -OCH3 is 2. The van der Waals surface area contributed by atoms with Gasteiger partial charge < -0.3 is 24.4 Å². The van der Waals surface area contributed by atoms with Gasteiger partial charge in [0.15, 0.2) is 11.5 Å². The van der Waals surface area contributed by atoms with E-state index in [0.29, 0.717) is 47.4 Å². The van der Waals surface area contributed by atoms with Crippen LogP contribution in [0.25, 0.3) is 16.3 Å². The quantitative estimate of drug-likeness (QED) is 0.575. The van der Waals surface area contributed by atoms with Crippen LogP contribution in [0.3, 0.4) is 0 Å². The SMILES string of the molecule is COCCN1C(=O)NC(c2ccc(OC)c(O)c2)C(c2nc(-c3cccs3)no2)=C1C. The number of nitrogens with zero attached hydrogens (tertiary/aromatic N) is 3. The first-order valence-corrected chi connectivity index (χ1v) is 10.4. The molecular weight excluding hydrogens is 420 g/mol. The molecule has 1 atom stereocenters. The highest BCUT2D eigenvalue weighted by Crippen LogP contribution is 2.39. The van der Waals surface area contributed by atoms with E-state index >= 15 is 0 Å². The van der Waals surface area contributed by atoms with Crippen molar-refractivity contribution < 1.29 is 23.9 Å². The number of carbonyl (C=O) groups is 1. The van der Waals surface area contributed by atoms with E-state index in [-0.39, 0.29) is 11.8 Å². The number of aromatic nitrogens is 2. The maximum absolute atomic E-state index is 12.8. The molecule has 1 aliphatic heterocycles. The summed E-state index contributed by atoms with van der Waals surface area (Å²) in [5, 5.41) is 19.3. The molecular formula is C21H22N4O5S. The molecule has 0 bridgehead atoms. The van der Waals surface area contributed by atoms with Crippen LogP contribution in [0.4, 0.5) is 4.79 Å². The average Bonchev–Trinajstić information content (AvgIpc) is 3.45. The zero-order valence-corrected chi connectivity index (χ0v) is 18.1. The van der Waals surface area contributed by atoms with E-state index in [0.717, 1.165) is 4.88 Å². The van der Waals surface area contributed by atoms with Gasteiger partial charge in [-0.2, -0.15) is 4.98 Å². The summed E-state index contributed by atoms with van der Waals surface area (Å²) in [6, 6.07) is 7.92. The molecule has 9 nitrogen and oxygen atoms in total. The molecule has 0 radical (unpaired) electrons. The van der Waals surface area contributed by atoms with E-state index in [1.165, 1.54) is 18.4 Å². The number of hydrogen-bond acceptors (Lipinski definition) is 8. The minimum atomic E-state index is -0.597. The lowest BCUT2D eigenvalue weighted by molar-refractivity contribution is 0.158. The highest BCUT2D eigenvalue weighted by Gasteiger charge is 2.36. The van der Waals surface area contributed by atoms with Gasteiger partial charge in [-0.15, -0.1) is 11.3 Å². The number of ether oxygens (including phenoxy) is 2. The van der Waals surface area contributed by atoms with Crippen LogP contribution in [0.2, 0.25) is 0 Å². The molecule has 2 N–H and O–H groups in total. The Morgan fingerprint density at radius 1 is 1.32 bits per heavy atom. The van der Waals surface area contributed by atoms with Gasteiger partial charge in [0, 0.05) is 12.8 Å². The molecule has 4 rings (SSSR count). The second kappa shape index (κ2) is 8.78. The molecule has 3 heterocycles. The Morgan fingerprint density at radius 3 is 2.84 bits per heavy atom. The van der Waals surface area contributed by atoms with Crippen molar-refractivity contribution in [2.75, 3.05) is 27.4 Å². The molecule has 1 aliphatic rings. The molecule has 1 unspecified atom stereocenters. The lowest BCUT2D eigenvalue weighted by Crippen LogP contribution is -2.47. The first kappa shape index (κ1) is 20.9. The highest BCUT2D eigenvalue weighted by molar-refractivity contribution is 7.13. The molecule has 0 spiro atoms. The number of nitrogens with one attached hydrogen (secondary N) is 1. The monoisotopic (exact) mass is 442 g/mol. The number of hydrogen-bond donors (Lipinski definition) is 2. The number of benzene rings is 1. The molecule has 0 saturated carbocycles. The number of allylic oxidation sites excluding steroid dienone is 1. The number of aromatic hydroxyl groups is 1. The zero-order valence-electron chi connectivity index (χ0n) is 17.3. The normalized spacial score (nSPS) is 16.5. The average molecular weight is 442 g/mol. The van der Waals surface area contributed by atoms with Crippen molar-refractivity contribution in [2.24, 2.45) is 0 Å². The van der Waals surface area contributed by atoms with E-state index in [2.05, 4.69) is 15.5 Å². The van der Waals surface area contributed by atoms with Crippen LogP contribution in [0.1, 0.15) is 24.4 Å². The van der Waals surface area contributed by atoms with Gasteiger partial charge in [0.25, 0.3) is 5.89 Å². The van der Waals surface area contributed by atoms with E-state index in [1.807, 2.05) is 24.4 Å². The summed E-state index contributed by atoms with van der Waals surface area (Å²) in [6.45, 7) is 2.57. The molecule has 31 heavy (non-hydrogen) atoms. The van der Waals surface area contributed by atoms with Crippen LogP contribution < -0.4 is 10.1 Å². The Bertz CT molecular complexity index is 1110. The van der Waals surface area contributed by atoms with Gasteiger partial charge in [0.2, 0.25) is 5.82 Å².